The molecular formula is C17H24ClN3O2. The summed E-state index contributed by atoms with van der Waals surface area (Å²) in [6.07, 6.45) is 4.09. The number of carbonyl (C=O) groups excluding carboxylic acids is 2. The molecule has 2 aliphatic heterocycles. The number of nitrogens with zero attached hydrogens (tertiary/aromatic N) is 1. The smallest absolute Gasteiger partial charge is 0.251 e. The molecule has 2 unspecified atom stereocenters. The molecule has 0 bridgehead atoms. The number of rotatable bonds is 3. The number of benzene rings is 1. The van der Waals surface area contributed by atoms with E-state index in [0.717, 1.165) is 37.8 Å². The lowest BCUT2D eigenvalue weighted by Crippen LogP contribution is -2.50. The Morgan fingerprint density at radius 2 is 2.09 bits per heavy atom. The molecule has 2 amide bonds. The number of hydrogen-bond donors (Lipinski definition) is 2. The van der Waals surface area contributed by atoms with E-state index in [1.807, 2.05) is 23.1 Å². The number of piperidine rings is 1. The second-order valence-corrected chi connectivity index (χ2v) is 6.11. The monoisotopic (exact) mass is 337 g/mol. The van der Waals surface area contributed by atoms with E-state index >= 15 is 0 Å². The van der Waals surface area contributed by atoms with E-state index in [2.05, 4.69) is 5.32 Å². The zero-order valence-corrected chi connectivity index (χ0v) is 14.0. The van der Waals surface area contributed by atoms with E-state index < -0.39 is 0 Å². The van der Waals surface area contributed by atoms with Crippen molar-refractivity contribution in [2.24, 2.45) is 5.73 Å². The lowest BCUT2D eigenvalue weighted by atomic mass is 9.87. The largest absolute Gasteiger partial charge is 0.351 e. The van der Waals surface area contributed by atoms with E-state index in [4.69, 9.17) is 5.73 Å². The fourth-order valence-electron chi connectivity index (χ4n) is 3.61. The van der Waals surface area contributed by atoms with Gasteiger partial charge in [-0.25, -0.2) is 0 Å². The standard InChI is InChI=1S/C17H23N3O2.ClH/c18-9-8-12-5-3-4-10-20(12)17(22)15-11-19-16(21)14-7-2-1-6-13(14)15;/h1-2,6-7,12,15H,3-5,8-11,18H2,(H,19,21);1H. The predicted molar refractivity (Wildman–Crippen MR) is 91.8 cm³/mol. The van der Waals surface area contributed by atoms with Crippen molar-refractivity contribution in [3.05, 3.63) is 35.4 Å². The average Bonchev–Trinajstić information content (AvgIpc) is 2.56. The van der Waals surface area contributed by atoms with E-state index in [1.54, 1.807) is 6.07 Å². The summed E-state index contributed by atoms with van der Waals surface area (Å²) in [5.74, 6) is -0.227. The lowest BCUT2D eigenvalue weighted by Gasteiger charge is -2.39. The normalized spacial score (nSPS) is 23.5. The van der Waals surface area contributed by atoms with Crippen molar-refractivity contribution >= 4 is 24.2 Å². The van der Waals surface area contributed by atoms with Crippen LogP contribution in [0.25, 0.3) is 0 Å². The summed E-state index contributed by atoms with van der Waals surface area (Å²) in [5.41, 5.74) is 7.18. The zero-order valence-electron chi connectivity index (χ0n) is 13.2. The van der Waals surface area contributed by atoms with Crippen molar-refractivity contribution in [1.29, 1.82) is 0 Å². The molecule has 1 fully saturated rings. The van der Waals surface area contributed by atoms with Crippen LogP contribution in [-0.2, 0) is 4.79 Å². The first kappa shape index (κ1) is 17.8. The van der Waals surface area contributed by atoms with Gasteiger partial charge in [0.15, 0.2) is 0 Å². The molecule has 1 aromatic carbocycles. The Morgan fingerprint density at radius 3 is 2.87 bits per heavy atom. The molecule has 1 aromatic rings. The highest BCUT2D eigenvalue weighted by molar-refractivity contribution is 6.00. The number of fused-ring (bicyclic) bond motifs is 1. The molecule has 0 radical (unpaired) electrons. The van der Waals surface area contributed by atoms with Crippen molar-refractivity contribution in [2.75, 3.05) is 19.6 Å². The molecule has 5 nitrogen and oxygen atoms in total. The van der Waals surface area contributed by atoms with Crippen LogP contribution in [0, 0.1) is 0 Å². The van der Waals surface area contributed by atoms with Crippen LogP contribution in [0.3, 0.4) is 0 Å². The van der Waals surface area contributed by atoms with Crippen LogP contribution >= 0.6 is 12.4 Å². The first-order chi connectivity index (χ1) is 10.7. The van der Waals surface area contributed by atoms with Crippen molar-refractivity contribution in [3.8, 4) is 0 Å². The van der Waals surface area contributed by atoms with Crippen LogP contribution in [0.5, 0.6) is 0 Å². The maximum absolute atomic E-state index is 13.0. The summed E-state index contributed by atoms with van der Waals surface area (Å²) in [6.45, 7) is 1.79. The average molecular weight is 338 g/mol. The molecule has 2 aliphatic rings. The zero-order chi connectivity index (χ0) is 15.5. The van der Waals surface area contributed by atoms with Crippen molar-refractivity contribution in [1.82, 2.24) is 10.2 Å². The summed E-state index contributed by atoms with van der Waals surface area (Å²) in [6, 6.07) is 7.67. The van der Waals surface area contributed by atoms with Crippen LogP contribution in [0.2, 0.25) is 0 Å². The highest BCUT2D eigenvalue weighted by Crippen LogP contribution is 2.29. The number of hydrogen-bond acceptors (Lipinski definition) is 3. The molecule has 0 spiro atoms. The second-order valence-electron chi connectivity index (χ2n) is 6.11. The van der Waals surface area contributed by atoms with Crippen LogP contribution < -0.4 is 11.1 Å². The molecular weight excluding hydrogens is 314 g/mol. The number of halogens is 1. The van der Waals surface area contributed by atoms with E-state index in [1.165, 1.54) is 0 Å². The van der Waals surface area contributed by atoms with Crippen LogP contribution in [0.4, 0.5) is 0 Å². The molecule has 0 aromatic heterocycles. The van der Waals surface area contributed by atoms with Crippen LogP contribution in [0.1, 0.15) is 47.5 Å². The summed E-state index contributed by atoms with van der Waals surface area (Å²) >= 11 is 0. The Kier molecular flexibility index (Phi) is 6.02. The predicted octanol–water partition coefficient (Wildman–Crippen LogP) is 1.67. The van der Waals surface area contributed by atoms with Crippen LogP contribution in [0.15, 0.2) is 24.3 Å². The summed E-state index contributed by atoms with van der Waals surface area (Å²) in [7, 11) is 0. The molecule has 3 rings (SSSR count). The molecule has 2 heterocycles. The van der Waals surface area contributed by atoms with E-state index in [-0.39, 0.29) is 36.2 Å². The van der Waals surface area contributed by atoms with Crippen molar-refractivity contribution < 1.29 is 9.59 Å². The Labute approximate surface area is 143 Å². The fourth-order valence-corrected chi connectivity index (χ4v) is 3.61. The molecule has 6 heteroatoms. The van der Waals surface area contributed by atoms with Gasteiger partial charge in [-0.15, -0.1) is 12.4 Å². The van der Waals surface area contributed by atoms with Crippen molar-refractivity contribution in [3.63, 3.8) is 0 Å². The van der Waals surface area contributed by atoms with Crippen molar-refractivity contribution in [2.45, 2.75) is 37.6 Å². The van der Waals surface area contributed by atoms with Gasteiger partial charge in [0.1, 0.15) is 0 Å². The first-order valence-electron chi connectivity index (χ1n) is 8.10. The summed E-state index contributed by atoms with van der Waals surface area (Å²) < 4.78 is 0. The third kappa shape index (κ3) is 3.51. The minimum Gasteiger partial charge on any atom is -0.351 e. The molecule has 126 valence electrons. The number of nitrogens with one attached hydrogen (secondary N) is 1. The lowest BCUT2D eigenvalue weighted by molar-refractivity contribution is -0.136. The van der Waals surface area contributed by atoms with E-state index in [0.29, 0.717) is 18.7 Å². The van der Waals surface area contributed by atoms with Gasteiger partial charge in [-0.2, -0.15) is 0 Å². The number of amides is 2. The van der Waals surface area contributed by atoms with E-state index in [9.17, 15) is 9.59 Å². The third-order valence-corrected chi connectivity index (χ3v) is 4.76. The molecule has 3 N–H and O–H groups in total. The molecule has 23 heavy (non-hydrogen) atoms. The second kappa shape index (κ2) is 7.79. The van der Waals surface area contributed by atoms with Gasteiger partial charge in [-0.3, -0.25) is 9.59 Å². The maximum Gasteiger partial charge on any atom is 0.251 e. The highest BCUT2D eigenvalue weighted by atomic mass is 35.5. The SMILES string of the molecule is Cl.NCCC1CCCCN1C(=O)C1CNC(=O)c2ccccc21. The van der Waals surface area contributed by atoms with Gasteiger partial charge in [0.2, 0.25) is 5.91 Å². The van der Waals surface area contributed by atoms with Gasteiger partial charge >= 0.3 is 0 Å². The van der Waals surface area contributed by atoms with Gasteiger partial charge < -0.3 is 16.0 Å². The number of likely N-dealkylation sites (tertiary alicyclic amines) is 1. The fraction of sp³-hybridized carbons (Fsp3) is 0.529. The minimum absolute atomic E-state index is 0. The van der Waals surface area contributed by atoms with Gasteiger partial charge in [0.25, 0.3) is 5.91 Å². The molecule has 1 saturated heterocycles. The maximum atomic E-state index is 13.0. The Morgan fingerprint density at radius 1 is 1.30 bits per heavy atom. The Hall–Kier alpha value is -1.59. The number of carbonyl (C=O) groups is 2. The van der Waals surface area contributed by atoms with Gasteiger partial charge in [-0.1, -0.05) is 18.2 Å². The minimum atomic E-state index is -0.271. The van der Waals surface area contributed by atoms with Gasteiger partial charge in [-0.05, 0) is 43.9 Å². The topological polar surface area (TPSA) is 75.4 Å². The molecule has 2 atom stereocenters. The first-order valence-corrected chi connectivity index (χ1v) is 8.10. The summed E-state index contributed by atoms with van der Waals surface area (Å²) in [4.78, 5) is 27.0. The molecule has 0 aliphatic carbocycles. The quantitative estimate of drug-likeness (QED) is 0.881. The summed E-state index contributed by atoms with van der Waals surface area (Å²) in [5, 5.41) is 2.84. The molecule has 0 saturated carbocycles. The van der Waals surface area contributed by atoms with Gasteiger partial charge in [0, 0.05) is 24.7 Å². The van der Waals surface area contributed by atoms with Crippen LogP contribution in [-0.4, -0.2) is 42.4 Å². The number of nitrogens with two attached hydrogens (primary N) is 1. The highest BCUT2D eigenvalue weighted by Gasteiger charge is 2.35. The third-order valence-electron chi connectivity index (χ3n) is 4.76. The Bertz CT molecular complexity index is 577. The Balaban J connectivity index is 0.00000192. The van der Waals surface area contributed by atoms with Gasteiger partial charge in [0.05, 0.1) is 5.92 Å².